The van der Waals surface area contributed by atoms with Gasteiger partial charge in [-0.25, -0.2) is 0 Å². The lowest BCUT2D eigenvalue weighted by Gasteiger charge is -2.16. The number of amides is 1. The first-order valence-electron chi connectivity index (χ1n) is 7.16. The molecule has 0 spiro atoms. The number of nitrogens with two attached hydrogens (primary N) is 1. The Morgan fingerprint density at radius 1 is 1.27 bits per heavy atom. The molecule has 0 radical (unpaired) electrons. The number of fused-ring (bicyclic) bond motifs is 1. The fraction of sp³-hybridized carbons (Fsp3) is 0.176. The molecule has 2 aromatic heterocycles. The van der Waals surface area contributed by atoms with Crippen molar-refractivity contribution >= 4 is 16.9 Å². The van der Waals surface area contributed by atoms with E-state index in [-0.39, 0.29) is 18.4 Å². The average Bonchev–Trinajstić information content (AvgIpc) is 2.97. The van der Waals surface area contributed by atoms with E-state index in [1.54, 1.807) is 12.4 Å². The van der Waals surface area contributed by atoms with Crippen molar-refractivity contribution in [3.63, 3.8) is 0 Å². The van der Waals surface area contributed by atoms with E-state index in [1.807, 2.05) is 42.5 Å². The Hall–Kier alpha value is -2.66. The molecular weight excluding hydrogens is 278 g/mol. The van der Waals surface area contributed by atoms with Gasteiger partial charge in [0.05, 0.1) is 0 Å². The molecule has 0 bridgehead atoms. The first-order chi connectivity index (χ1) is 10.8. The zero-order chi connectivity index (χ0) is 15.4. The number of aromatic nitrogens is 1. The maximum atomic E-state index is 12.0. The largest absolute Gasteiger partial charge is 0.459 e. The topological polar surface area (TPSA) is 81.2 Å². The number of nitrogens with one attached hydrogen (secondary N) is 1. The summed E-state index contributed by atoms with van der Waals surface area (Å²) >= 11 is 0. The van der Waals surface area contributed by atoms with Gasteiger partial charge in [0.1, 0.15) is 17.4 Å². The van der Waals surface area contributed by atoms with E-state index >= 15 is 0 Å². The van der Waals surface area contributed by atoms with Crippen LogP contribution in [0, 0.1) is 0 Å². The zero-order valence-electron chi connectivity index (χ0n) is 12.0. The first kappa shape index (κ1) is 14.3. The number of benzene rings is 1. The molecule has 1 amide bonds. The molecule has 3 N–H and O–H groups in total. The van der Waals surface area contributed by atoms with Crippen LogP contribution in [0.2, 0.25) is 0 Å². The van der Waals surface area contributed by atoms with E-state index in [9.17, 15) is 4.79 Å². The Kier molecular flexibility index (Phi) is 4.16. The third-order valence-electron chi connectivity index (χ3n) is 3.42. The molecule has 5 nitrogen and oxygen atoms in total. The van der Waals surface area contributed by atoms with E-state index < -0.39 is 0 Å². The molecule has 5 heteroatoms. The monoisotopic (exact) mass is 295 g/mol. The van der Waals surface area contributed by atoms with Crippen molar-refractivity contribution in [3.8, 4) is 0 Å². The van der Waals surface area contributed by atoms with Crippen LogP contribution in [0.15, 0.2) is 59.3 Å². The number of para-hydroxylation sites is 1. The van der Waals surface area contributed by atoms with Crippen molar-refractivity contribution in [3.05, 3.63) is 66.2 Å². The van der Waals surface area contributed by atoms with Crippen molar-refractivity contribution in [2.45, 2.75) is 12.5 Å². The van der Waals surface area contributed by atoms with Gasteiger partial charge in [0.15, 0.2) is 0 Å². The van der Waals surface area contributed by atoms with Crippen LogP contribution < -0.4 is 11.1 Å². The van der Waals surface area contributed by atoms with Gasteiger partial charge in [-0.05, 0) is 18.2 Å². The molecule has 22 heavy (non-hydrogen) atoms. The van der Waals surface area contributed by atoms with Gasteiger partial charge < -0.3 is 15.5 Å². The average molecular weight is 295 g/mol. The van der Waals surface area contributed by atoms with Crippen molar-refractivity contribution in [1.29, 1.82) is 0 Å². The second kappa shape index (κ2) is 6.41. The molecule has 3 aromatic rings. The summed E-state index contributed by atoms with van der Waals surface area (Å²) in [6, 6.07) is 13.1. The summed E-state index contributed by atoms with van der Waals surface area (Å²) in [7, 11) is 0. The Morgan fingerprint density at radius 2 is 2.14 bits per heavy atom. The Bertz CT molecular complexity index is 735. The van der Waals surface area contributed by atoms with Gasteiger partial charge in [-0.3, -0.25) is 9.78 Å². The predicted octanol–water partition coefficient (Wildman–Crippen LogP) is 2.38. The number of rotatable bonds is 5. The Balaban J connectivity index is 1.98. The van der Waals surface area contributed by atoms with Crippen LogP contribution in [0.1, 0.15) is 23.8 Å². The van der Waals surface area contributed by atoms with Crippen molar-refractivity contribution in [2.75, 3.05) is 6.54 Å². The Labute approximate surface area is 128 Å². The lowest BCUT2D eigenvalue weighted by atomic mass is 10.1. The number of hydrogen-bond acceptors (Lipinski definition) is 4. The van der Waals surface area contributed by atoms with Gasteiger partial charge >= 0.3 is 0 Å². The maximum Gasteiger partial charge on any atom is 0.222 e. The summed E-state index contributed by atoms with van der Waals surface area (Å²) in [5, 5.41) is 3.96. The minimum atomic E-state index is -0.375. The normalized spacial score (nSPS) is 12.2. The molecule has 2 heterocycles. The molecule has 1 aromatic carbocycles. The molecule has 1 unspecified atom stereocenters. The zero-order valence-corrected chi connectivity index (χ0v) is 12.0. The van der Waals surface area contributed by atoms with Gasteiger partial charge in [0, 0.05) is 36.3 Å². The summed E-state index contributed by atoms with van der Waals surface area (Å²) in [5.74, 6) is 0.566. The molecule has 0 aliphatic rings. The smallest absolute Gasteiger partial charge is 0.222 e. The van der Waals surface area contributed by atoms with E-state index in [1.165, 1.54) is 0 Å². The standard InChI is InChI=1S/C17H17N3O2/c18-8-7-16(21)20-17(13-5-3-9-19-11-13)15-10-12-4-1-2-6-14(12)22-15/h1-6,9-11,17H,7-8,18H2,(H,20,21). The highest BCUT2D eigenvalue weighted by Gasteiger charge is 2.20. The van der Waals surface area contributed by atoms with E-state index in [0.717, 1.165) is 16.5 Å². The van der Waals surface area contributed by atoms with Crippen LogP contribution in [0.5, 0.6) is 0 Å². The number of carbonyl (C=O) groups excluding carboxylic acids is 1. The SMILES string of the molecule is NCCC(=O)NC(c1cccnc1)c1cc2ccccc2o1. The fourth-order valence-corrected chi connectivity index (χ4v) is 2.37. The predicted molar refractivity (Wildman–Crippen MR) is 84.1 cm³/mol. The van der Waals surface area contributed by atoms with E-state index in [4.69, 9.17) is 10.2 Å². The molecule has 3 rings (SSSR count). The highest BCUT2D eigenvalue weighted by Crippen LogP contribution is 2.28. The van der Waals surface area contributed by atoms with Crippen molar-refractivity contribution in [1.82, 2.24) is 10.3 Å². The minimum absolute atomic E-state index is 0.114. The molecule has 1 atom stereocenters. The van der Waals surface area contributed by atoms with Crippen LogP contribution in [0.25, 0.3) is 11.0 Å². The van der Waals surface area contributed by atoms with E-state index in [2.05, 4.69) is 10.3 Å². The van der Waals surface area contributed by atoms with Crippen LogP contribution in [0.3, 0.4) is 0 Å². The van der Waals surface area contributed by atoms with Crippen LogP contribution in [0.4, 0.5) is 0 Å². The fourth-order valence-electron chi connectivity index (χ4n) is 2.37. The quantitative estimate of drug-likeness (QED) is 0.757. The van der Waals surface area contributed by atoms with Gasteiger partial charge in [0.2, 0.25) is 5.91 Å². The van der Waals surface area contributed by atoms with Gasteiger partial charge in [0.25, 0.3) is 0 Å². The molecule has 0 saturated carbocycles. The summed E-state index contributed by atoms with van der Waals surface area (Å²) in [6.07, 6.45) is 3.69. The number of hydrogen-bond donors (Lipinski definition) is 2. The first-order valence-corrected chi connectivity index (χ1v) is 7.16. The molecule has 0 aliphatic carbocycles. The number of nitrogens with zero attached hydrogens (tertiary/aromatic N) is 1. The molecule has 0 fully saturated rings. The highest BCUT2D eigenvalue weighted by atomic mass is 16.3. The lowest BCUT2D eigenvalue weighted by Crippen LogP contribution is -2.30. The van der Waals surface area contributed by atoms with E-state index in [0.29, 0.717) is 12.3 Å². The van der Waals surface area contributed by atoms with Crippen LogP contribution >= 0.6 is 0 Å². The second-order valence-corrected chi connectivity index (χ2v) is 5.01. The maximum absolute atomic E-state index is 12.0. The minimum Gasteiger partial charge on any atom is -0.459 e. The molecule has 0 saturated heterocycles. The molecule has 112 valence electrons. The second-order valence-electron chi connectivity index (χ2n) is 5.01. The van der Waals surface area contributed by atoms with Gasteiger partial charge in [-0.15, -0.1) is 0 Å². The van der Waals surface area contributed by atoms with Crippen molar-refractivity contribution < 1.29 is 9.21 Å². The number of pyridine rings is 1. The highest BCUT2D eigenvalue weighted by molar-refractivity contribution is 5.79. The summed E-state index contributed by atoms with van der Waals surface area (Å²) in [6.45, 7) is 0.311. The molecular formula is C17H17N3O2. The van der Waals surface area contributed by atoms with Crippen LogP contribution in [-0.2, 0) is 4.79 Å². The summed E-state index contributed by atoms with van der Waals surface area (Å²) in [5.41, 5.74) is 7.11. The Morgan fingerprint density at radius 3 is 2.86 bits per heavy atom. The number of furan rings is 1. The van der Waals surface area contributed by atoms with Gasteiger partial charge in [-0.1, -0.05) is 24.3 Å². The molecule has 0 aliphatic heterocycles. The van der Waals surface area contributed by atoms with Crippen LogP contribution in [-0.4, -0.2) is 17.4 Å². The third-order valence-corrected chi connectivity index (χ3v) is 3.42. The lowest BCUT2D eigenvalue weighted by molar-refractivity contribution is -0.121. The number of carbonyl (C=O) groups is 1. The summed E-state index contributed by atoms with van der Waals surface area (Å²) < 4.78 is 5.89. The van der Waals surface area contributed by atoms with Gasteiger partial charge in [-0.2, -0.15) is 0 Å². The summed E-state index contributed by atoms with van der Waals surface area (Å²) in [4.78, 5) is 16.1. The van der Waals surface area contributed by atoms with Crippen molar-refractivity contribution in [2.24, 2.45) is 5.73 Å². The third kappa shape index (κ3) is 2.99.